The van der Waals surface area contributed by atoms with Gasteiger partial charge < -0.3 is 19.5 Å². The minimum absolute atomic E-state index is 0.100. The van der Waals surface area contributed by atoms with Gasteiger partial charge in [-0.2, -0.15) is 0 Å². The van der Waals surface area contributed by atoms with Gasteiger partial charge in [0.2, 0.25) is 11.7 Å². The summed E-state index contributed by atoms with van der Waals surface area (Å²) < 4.78 is 17.6. The van der Waals surface area contributed by atoms with Crippen molar-refractivity contribution in [3.63, 3.8) is 0 Å². The van der Waals surface area contributed by atoms with Gasteiger partial charge in [0.25, 0.3) is 5.56 Å². The van der Waals surface area contributed by atoms with E-state index in [4.69, 9.17) is 14.2 Å². The van der Waals surface area contributed by atoms with Crippen LogP contribution < -0.4 is 25.1 Å². The molecule has 1 amide bonds. The third kappa shape index (κ3) is 4.96. The molecule has 8 nitrogen and oxygen atoms in total. The van der Waals surface area contributed by atoms with Crippen LogP contribution in [0.15, 0.2) is 47.5 Å². The Kier molecular flexibility index (Phi) is 7.12. The quantitative estimate of drug-likeness (QED) is 0.567. The van der Waals surface area contributed by atoms with Crippen molar-refractivity contribution in [3.8, 4) is 17.2 Å². The van der Waals surface area contributed by atoms with Crippen LogP contribution in [0.5, 0.6) is 17.2 Å². The Morgan fingerprint density at radius 1 is 1.10 bits per heavy atom. The summed E-state index contributed by atoms with van der Waals surface area (Å²) in [6.07, 6.45) is 2.34. The first-order chi connectivity index (χ1) is 15.0. The smallest absolute Gasteiger partial charge is 0.261 e. The van der Waals surface area contributed by atoms with Gasteiger partial charge in [0.15, 0.2) is 11.5 Å². The van der Waals surface area contributed by atoms with Crippen LogP contribution in [0.25, 0.3) is 10.9 Å². The Bertz CT molecular complexity index is 1100. The molecule has 0 aliphatic carbocycles. The third-order valence-electron chi connectivity index (χ3n) is 5.10. The van der Waals surface area contributed by atoms with Crippen molar-refractivity contribution in [3.05, 3.63) is 58.6 Å². The molecule has 1 unspecified atom stereocenters. The summed E-state index contributed by atoms with van der Waals surface area (Å²) in [5, 5.41) is 3.55. The molecule has 0 aliphatic heterocycles. The Morgan fingerprint density at radius 3 is 2.42 bits per heavy atom. The van der Waals surface area contributed by atoms with Crippen molar-refractivity contribution in [2.24, 2.45) is 0 Å². The van der Waals surface area contributed by atoms with Gasteiger partial charge >= 0.3 is 0 Å². The fraction of sp³-hybridized carbons (Fsp3) is 0.348. The van der Waals surface area contributed by atoms with E-state index in [9.17, 15) is 9.59 Å². The van der Waals surface area contributed by atoms with E-state index in [1.165, 1.54) is 10.9 Å². The summed E-state index contributed by atoms with van der Waals surface area (Å²) >= 11 is 0. The molecule has 0 radical (unpaired) electrons. The highest BCUT2D eigenvalue weighted by Crippen LogP contribution is 2.39. The molecular weight excluding hydrogens is 398 g/mol. The van der Waals surface area contributed by atoms with Crippen LogP contribution in [-0.2, 0) is 11.3 Å². The fourth-order valence-corrected chi connectivity index (χ4v) is 3.42. The number of carbonyl (C=O) groups excluding carboxylic acids is 1. The van der Waals surface area contributed by atoms with Crippen molar-refractivity contribution in [1.82, 2.24) is 14.9 Å². The Hall–Kier alpha value is -3.55. The maximum atomic E-state index is 12.5. The summed E-state index contributed by atoms with van der Waals surface area (Å²) in [5.74, 6) is 1.45. The van der Waals surface area contributed by atoms with Crippen molar-refractivity contribution in [2.75, 3.05) is 21.3 Å². The van der Waals surface area contributed by atoms with Crippen molar-refractivity contribution in [2.45, 2.75) is 32.4 Å². The first-order valence-electron chi connectivity index (χ1n) is 10.0. The predicted molar refractivity (Wildman–Crippen MR) is 118 cm³/mol. The van der Waals surface area contributed by atoms with E-state index in [1.807, 2.05) is 31.2 Å². The minimum atomic E-state index is -0.258. The summed E-state index contributed by atoms with van der Waals surface area (Å²) in [5.41, 5.74) is 1.40. The van der Waals surface area contributed by atoms with Gasteiger partial charge in [0.05, 0.1) is 44.6 Å². The number of para-hydroxylation sites is 1. The number of rotatable bonds is 9. The maximum absolute atomic E-state index is 12.5. The molecule has 0 aliphatic rings. The molecule has 8 heteroatoms. The van der Waals surface area contributed by atoms with Crippen LogP contribution >= 0.6 is 0 Å². The maximum Gasteiger partial charge on any atom is 0.261 e. The summed E-state index contributed by atoms with van der Waals surface area (Å²) in [6.45, 7) is 2.30. The molecular formula is C23H27N3O5. The van der Waals surface area contributed by atoms with Crippen LogP contribution in [-0.4, -0.2) is 36.8 Å². The lowest BCUT2D eigenvalue weighted by molar-refractivity contribution is -0.121. The predicted octanol–water partition coefficient (Wildman–Crippen LogP) is 3.08. The average Bonchev–Trinajstić information content (AvgIpc) is 2.79. The molecule has 1 aromatic heterocycles. The Balaban J connectivity index is 1.61. The molecule has 1 N–H and O–H groups in total. The molecule has 0 saturated heterocycles. The lowest BCUT2D eigenvalue weighted by atomic mass is 10.1. The second-order valence-electron chi connectivity index (χ2n) is 7.11. The van der Waals surface area contributed by atoms with Gasteiger partial charge in [0.1, 0.15) is 0 Å². The van der Waals surface area contributed by atoms with Crippen molar-refractivity contribution in [1.29, 1.82) is 0 Å². The van der Waals surface area contributed by atoms with E-state index in [2.05, 4.69) is 10.3 Å². The second kappa shape index (κ2) is 9.97. The average molecular weight is 425 g/mol. The largest absolute Gasteiger partial charge is 0.493 e. The number of ether oxygens (including phenoxy) is 3. The number of amides is 1. The van der Waals surface area contributed by atoms with E-state index in [0.717, 1.165) is 5.56 Å². The Labute approximate surface area is 180 Å². The van der Waals surface area contributed by atoms with E-state index in [0.29, 0.717) is 41.1 Å². The van der Waals surface area contributed by atoms with Crippen LogP contribution in [0.4, 0.5) is 0 Å². The molecule has 3 rings (SSSR count). The molecule has 0 bridgehead atoms. The first-order valence-corrected chi connectivity index (χ1v) is 10.0. The van der Waals surface area contributed by atoms with Gasteiger partial charge in [-0.3, -0.25) is 14.2 Å². The molecule has 1 atom stereocenters. The number of hydrogen-bond acceptors (Lipinski definition) is 6. The number of benzene rings is 2. The van der Waals surface area contributed by atoms with E-state index < -0.39 is 0 Å². The Morgan fingerprint density at radius 2 is 1.77 bits per heavy atom. The standard InChI is InChI=1S/C23H27N3O5/c1-15(16-12-19(29-2)22(31-4)20(13-16)30-3)25-21(27)10-7-11-26-14-24-18-9-6-5-8-17(18)23(26)28/h5-6,8-9,12-15H,7,10-11H2,1-4H3,(H,25,27). The zero-order valence-corrected chi connectivity index (χ0v) is 18.2. The normalized spacial score (nSPS) is 11.7. The number of methoxy groups -OCH3 is 3. The van der Waals surface area contributed by atoms with Crippen molar-refractivity contribution >= 4 is 16.8 Å². The van der Waals surface area contributed by atoms with Crippen LogP contribution in [0.3, 0.4) is 0 Å². The van der Waals surface area contributed by atoms with Crippen LogP contribution in [0.2, 0.25) is 0 Å². The monoisotopic (exact) mass is 425 g/mol. The zero-order valence-electron chi connectivity index (χ0n) is 18.2. The van der Waals surface area contributed by atoms with Crippen molar-refractivity contribution < 1.29 is 19.0 Å². The number of aryl methyl sites for hydroxylation is 1. The molecule has 164 valence electrons. The highest BCUT2D eigenvalue weighted by atomic mass is 16.5. The van der Waals surface area contributed by atoms with Gasteiger partial charge in [-0.15, -0.1) is 0 Å². The lowest BCUT2D eigenvalue weighted by Crippen LogP contribution is -2.27. The summed E-state index contributed by atoms with van der Waals surface area (Å²) in [4.78, 5) is 29.3. The summed E-state index contributed by atoms with van der Waals surface area (Å²) in [6, 6.07) is 10.6. The fourth-order valence-electron chi connectivity index (χ4n) is 3.42. The van der Waals surface area contributed by atoms with Crippen LogP contribution in [0.1, 0.15) is 31.4 Å². The molecule has 0 spiro atoms. The molecule has 31 heavy (non-hydrogen) atoms. The molecule has 0 fully saturated rings. The number of hydrogen-bond donors (Lipinski definition) is 1. The lowest BCUT2D eigenvalue weighted by Gasteiger charge is -2.19. The zero-order chi connectivity index (χ0) is 22.4. The number of fused-ring (bicyclic) bond motifs is 1. The SMILES string of the molecule is COc1cc(C(C)NC(=O)CCCn2cnc3ccccc3c2=O)cc(OC)c1OC. The minimum Gasteiger partial charge on any atom is -0.493 e. The number of nitrogens with zero attached hydrogens (tertiary/aromatic N) is 2. The highest BCUT2D eigenvalue weighted by molar-refractivity contribution is 5.77. The first kappa shape index (κ1) is 22.1. The highest BCUT2D eigenvalue weighted by Gasteiger charge is 2.17. The van der Waals surface area contributed by atoms with E-state index in [1.54, 1.807) is 33.5 Å². The molecule has 0 saturated carbocycles. The summed E-state index contributed by atoms with van der Waals surface area (Å²) in [7, 11) is 4.64. The van der Waals surface area contributed by atoms with Gasteiger partial charge in [-0.05, 0) is 43.2 Å². The van der Waals surface area contributed by atoms with E-state index >= 15 is 0 Å². The van der Waals surface area contributed by atoms with Gasteiger partial charge in [-0.1, -0.05) is 12.1 Å². The van der Waals surface area contributed by atoms with Gasteiger partial charge in [0, 0.05) is 13.0 Å². The van der Waals surface area contributed by atoms with Gasteiger partial charge in [-0.25, -0.2) is 4.98 Å². The molecule has 1 heterocycles. The second-order valence-corrected chi connectivity index (χ2v) is 7.11. The number of carbonyl (C=O) groups is 1. The van der Waals surface area contributed by atoms with E-state index in [-0.39, 0.29) is 23.9 Å². The molecule has 3 aromatic rings. The van der Waals surface area contributed by atoms with Crippen LogP contribution in [0, 0.1) is 0 Å². The third-order valence-corrected chi connectivity index (χ3v) is 5.10. The number of nitrogens with one attached hydrogen (secondary N) is 1. The number of aromatic nitrogens is 2. The molecule has 2 aromatic carbocycles. The topological polar surface area (TPSA) is 91.7 Å².